The van der Waals surface area contributed by atoms with Crippen molar-refractivity contribution in [1.29, 1.82) is 0 Å². The van der Waals surface area contributed by atoms with Crippen LogP contribution in [-0.2, 0) is 0 Å². The van der Waals surface area contributed by atoms with E-state index in [1.807, 2.05) is 4.68 Å². The molecule has 1 aromatic heterocycles. The van der Waals surface area contributed by atoms with Crippen LogP contribution in [0.3, 0.4) is 0 Å². The number of tetrazole rings is 1. The van der Waals surface area contributed by atoms with Crippen LogP contribution in [0.4, 0.5) is 10.1 Å². The van der Waals surface area contributed by atoms with E-state index in [0.29, 0.717) is 17.1 Å². The summed E-state index contributed by atoms with van der Waals surface area (Å²) in [6, 6.07) is 4.65. The van der Waals surface area contributed by atoms with Crippen molar-refractivity contribution >= 4 is 5.69 Å². The standard InChI is InChI=1S/C15H20FN5/c1-15(2)6-4-3-5-13(15)21-14(18-19-20-21)10-7-11(16)9-12(17)8-10/h7-9,13H,3-6,17H2,1-2H3. The predicted octanol–water partition coefficient (Wildman–Crippen LogP) is 3.20. The van der Waals surface area contributed by atoms with Crippen LogP contribution in [0, 0.1) is 11.2 Å². The number of hydrogen-bond acceptors (Lipinski definition) is 4. The zero-order valence-corrected chi connectivity index (χ0v) is 12.4. The Labute approximate surface area is 123 Å². The van der Waals surface area contributed by atoms with Gasteiger partial charge in [0.1, 0.15) is 5.82 Å². The fourth-order valence-electron chi connectivity index (χ4n) is 3.26. The summed E-state index contributed by atoms with van der Waals surface area (Å²) in [6.45, 7) is 4.48. The Morgan fingerprint density at radius 2 is 2.10 bits per heavy atom. The normalized spacial score (nSPS) is 21.4. The largest absolute Gasteiger partial charge is 0.399 e. The van der Waals surface area contributed by atoms with E-state index in [2.05, 4.69) is 29.4 Å². The molecule has 0 saturated heterocycles. The number of benzene rings is 1. The Bertz CT molecular complexity index is 629. The second kappa shape index (κ2) is 5.09. The van der Waals surface area contributed by atoms with E-state index < -0.39 is 0 Å². The minimum Gasteiger partial charge on any atom is -0.399 e. The topological polar surface area (TPSA) is 69.6 Å². The first-order valence-electron chi connectivity index (χ1n) is 7.32. The molecule has 112 valence electrons. The Balaban J connectivity index is 2.04. The van der Waals surface area contributed by atoms with Gasteiger partial charge in [-0.3, -0.25) is 0 Å². The van der Waals surface area contributed by atoms with E-state index >= 15 is 0 Å². The van der Waals surface area contributed by atoms with Gasteiger partial charge in [0, 0.05) is 11.3 Å². The highest BCUT2D eigenvalue weighted by atomic mass is 19.1. The Morgan fingerprint density at radius 1 is 1.29 bits per heavy atom. The number of halogens is 1. The summed E-state index contributed by atoms with van der Waals surface area (Å²) in [5, 5.41) is 12.1. The number of nitrogens with zero attached hydrogens (tertiary/aromatic N) is 4. The van der Waals surface area contributed by atoms with Gasteiger partial charge >= 0.3 is 0 Å². The van der Waals surface area contributed by atoms with Crippen LogP contribution in [0.1, 0.15) is 45.6 Å². The van der Waals surface area contributed by atoms with Crippen molar-refractivity contribution in [1.82, 2.24) is 20.2 Å². The number of anilines is 1. The van der Waals surface area contributed by atoms with Crippen molar-refractivity contribution in [2.24, 2.45) is 5.41 Å². The molecule has 1 atom stereocenters. The summed E-state index contributed by atoms with van der Waals surface area (Å²) < 4.78 is 15.4. The maximum Gasteiger partial charge on any atom is 0.182 e. The van der Waals surface area contributed by atoms with Crippen LogP contribution in [-0.4, -0.2) is 20.2 Å². The first kappa shape index (κ1) is 14.0. The average Bonchev–Trinajstić information content (AvgIpc) is 2.86. The first-order chi connectivity index (χ1) is 9.97. The van der Waals surface area contributed by atoms with Crippen molar-refractivity contribution in [3.05, 3.63) is 24.0 Å². The quantitative estimate of drug-likeness (QED) is 0.862. The van der Waals surface area contributed by atoms with Gasteiger partial charge < -0.3 is 5.73 Å². The molecule has 0 spiro atoms. The molecule has 0 aliphatic heterocycles. The van der Waals surface area contributed by atoms with Crippen LogP contribution in [0.15, 0.2) is 18.2 Å². The number of nitrogens with two attached hydrogens (primary N) is 1. The molecule has 21 heavy (non-hydrogen) atoms. The molecule has 0 amide bonds. The van der Waals surface area contributed by atoms with Gasteiger partial charge in [0.05, 0.1) is 6.04 Å². The lowest BCUT2D eigenvalue weighted by molar-refractivity contribution is 0.132. The Kier molecular flexibility index (Phi) is 3.39. The molecule has 6 heteroatoms. The van der Waals surface area contributed by atoms with Crippen molar-refractivity contribution in [3.8, 4) is 11.4 Å². The van der Waals surface area contributed by atoms with Crippen LogP contribution in [0.25, 0.3) is 11.4 Å². The number of nitrogen functional groups attached to an aromatic ring is 1. The van der Waals surface area contributed by atoms with Gasteiger partial charge in [0.25, 0.3) is 0 Å². The van der Waals surface area contributed by atoms with Gasteiger partial charge in [-0.15, -0.1) is 5.10 Å². The number of hydrogen-bond donors (Lipinski definition) is 1. The van der Waals surface area contributed by atoms with Crippen molar-refractivity contribution in [3.63, 3.8) is 0 Å². The predicted molar refractivity (Wildman–Crippen MR) is 78.9 cm³/mol. The molecule has 1 aliphatic rings. The highest BCUT2D eigenvalue weighted by molar-refractivity contribution is 5.61. The highest BCUT2D eigenvalue weighted by Crippen LogP contribution is 2.44. The minimum absolute atomic E-state index is 0.126. The highest BCUT2D eigenvalue weighted by Gasteiger charge is 2.36. The summed E-state index contributed by atoms with van der Waals surface area (Å²) in [5.74, 6) is 0.212. The Hall–Kier alpha value is -1.98. The van der Waals surface area contributed by atoms with E-state index in [1.54, 1.807) is 6.07 Å². The molecule has 1 saturated carbocycles. The van der Waals surface area contributed by atoms with Crippen LogP contribution in [0.5, 0.6) is 0 Å². The summed E-state index contributed by atoms with van der Waals surface area (Å²) in [6.07, 6.45) is 4.57. The van der Waals surface area contributed by atoms with E-state index in [9.17, 15) is 4.39 Å². The third-order valence-corrected chi connectivity index (χ3v) is 4.42. The summed E-state index contributed by atoms with van der Waals surface area (Å²) in [5.41, 5.74) is 6.86. The second-order valence-corrected chi connectivity index (χ2v) is 6.47. The van der Waals surface area contributed by atoms with E-state index in [-0.39, 0.29) is 17.3 Å². The molecule has 1 heterocycles. The molecular weight excluding hydrogens is 269 g/mol. The van der Waals surface area contributed by atoms with Gasteiger partial charge in [-0.1, -0.05) is 26.7 Å². The van der Waals surface area contributed by atoms with E-state index in [4.69, 9.17) is 5.73 Å². The van der Waals surface area contributed by atoms with E-state index in [1.165, 1.54) is 25.0 Å². The fraction of sp³-hybridized carbons (Fsp3) is 0.533. The number of aromatic nitrogens is 4. The van der Waals surface area contributed by atoms with Gasteiger partial charge in [-0.05, 0) is 46.9 Å². The lowest BCUT2D eigenvalue weighted by Gasteiger charge is -2.38. The SMILES string of the molecule is CC1(C)CCCCC1n1nnnc1-c1cc(N)cc(F)c1. The molecule has 1 aromatic carbocycles. The monoisotopic (exact) mass is 289 g/mol. The van der Waals surface area contributed by atoms with Crippen LogP contribution in [0.2, 0.25) is 0 Å². The molecule has 1 aliphatic carbocycles. The third-order valence-electron chi connectivity index (χ3n) is 4.42. The smallest absolute Gasteiger partial charge is 0.182 e. The van der Waals surface area contributed by atoms with E-state index in [0.717, 1.165) is 12.8 Å². The molecular formula is C15H20FN5. The number of rotatable bonds is 2. The summed E-state index contributed by atoms with van der Waals surface area (Å²) in [7, 11) is 0. The third kappa shape index (κ3) is 2.62. The molecule has 3 rings (SSSR count). The fourth-order valence-corrected chi connectivity index (χ4v) is 3.26. The maximum atomic E-state index is 13.6. The second-order valence-electron chi connectivity index (χ2n) is 6.47. The molecule has 1 fully saturated rings. The summed E-state index contributed by atoms with van der Waals surface area (Å²) in [4.78, 5) is 0. The van der Waals surface area contributed by atoms with Crippen LogP contribution >= 0.6 is 0 Å². The zero-order valence-electron chi connectivity index (χ0n) is 12.4. The lowest BCUT2D eigenvalue weighted by atomic mass is 9.73. The molecule has 0 bridgehead atoms. The molecule has 1 unspecified atom stereocenters. The minimum atomic E-state index is -0.373. The Morgan fingerprint density at radius 3 is 2.81 bits per heavy atom. The average molecular weight is 289 g/mol. The van der Waals surface area contributed by atoms with Crippen molar-refractivity contribution in [2.45, 2.75) is 45.6 Å². The first-order valence-corrected chi connectivity index (χ1v) is 7.32. The maximum absolute atomic E-state index is 13.6. The van der Waals surface area contributed by atoms with Gasteiger partial charge in [0.2, 0.25) is 0 Å². The summed E-state index contributed by atoms with van der Waals surface area (Å²) >= 11 is 0. The molecule has 2 N–H and O–H groups in total. The van der Waals surface area contributed by atoms with Crippen molar-refractivity contribution < 1.29 is 4.39 Å². The van der Waals surface area contributed by atoms with Gasteiger partial charge in [0.15, 0.2) is 5.82 Å². The lowest BCUT2D eigenvalue weighted by Crippen LogP contribution is -2.31. The van der Waals surface area contributed by atoms with Crippen LogP contribution < -0.4 is 5.73 Å². The molecule has 5 nitrogen and oxygen atoms in total. The molecule has 2 aromatic rings. The zero-order chi connectivity index (χ0) is 15.0. The molecule has 0 radical (unpaired) electrons. The van der Waals surface area contributed by atoms with Gasteiger partial charge in [-0.2, -0.15) is 0 Å². The van der Waals surface area contributed by atoms with Crippen molar-refractivity contribution in [2.75, 3.05) is 5.73 Å². The van der Waals surface area contributed by atoms with Gasteiger partial charge in [-0.25, -0.2) is 9.07 Å².